The summed E-state index contributed by atoms with van der Waals surface area (Å²) in [4.78, 5) is 25.5. The fraction of sp³-hybridized carbons (Fsp3) is 0.0417. The monoisotopic (exact) mass is 398 g/mol. The van der Waals surface area contributed by atoms with E-state index in [1.54, 1.807) is 86.0 Å². The van der Waals surface area contributed by atoms with Crippen LogP contribution in [0.2, 0.25) is 0 Å². The minimum Gasteiger partial charge on any atom is -0.506 e. The molecule has 0 spiro atoms. The van der Waals surface area contributed by atoms with Gasteiger partial charge in [-0.3, -0.25) is 9.59 Å². The number of rotatable bonds is 5. The van der Waals surface area contributed by atoms with Gasteiger partial charge >= 0.3 is 0 Å². The van der Waals surface area contributed by atoms with E-state index in [1.807, 2.05) is 0 Å². The lowest BCUT2D eigenvalue weighted by molar-refractivity contribution is 0.0953. The van der Waals surface area contributed by atoms with Gasteiger partial charge in [0.25, 0.3) is 5.91 Å². The fourth-order valence-corrected chi connectivity index (χ4v) is 3.26. The number of hydrogen-bond donors (Lipinski definition) is 2. The number of carbonyl (C=O) groups is 2. The number of aliphatic hydroxyl groups excluding tert-OH is 1. The summed E-state index contributed by atoms with van der Waals surface area (Å²) in [6.45, 7) is 0. The summed E-state index contributed by atoms with van der Waals surface area (Å²) < 4.78 is 5.19. The Bertz CT molecular complexity index is 1180. The van der Waals surface area contributed by atoms with Crippen molar-refractivity contribution in [1.29, 1.82) is 0 Å². The van der Waals surface area contributed by atoms with Crippen LogP contribution < -0.4 is 10.2 Å². The maximum Gasteiger partial charge on any atom is 0.271 e. The zero-order valence-electron chi connectivity index (χ0n) is 16.1. The Hall–Kier alpha value is -4.19. The Morgan fingerprint density at radius 1 is 0.867 bits per heavy atom. The highest BCUT2D eigenvalue weighted by atomic mass is 16.5. The molecule has 3 aromatic carbocycles. The number of allylic oxidation sites excluding steroid dienone is 1. The summed E-state index contributed by atoms with van der Waals surface area (Å²) in [7, 11) is 1.55. The quantitative estimate of drug-likeness (QED) is 0.502. The maximum absolute atomic E-state index is 13.0. The van der Waals surface area contributed by atoms with Crippen LogP contribution >= 0.6 is 0 Å². The molecule has 30 heavy (non-hydrogen) atoms. The van der Waals surface area contributed by atoms with Gasteiger partial charge in [0.15, 0.2) is 5.78 Å². The number of amides is 1. The van der Waals surface area contributed by atoms with Crippen LogP contribution in [0.1, 0.15) is 31.8 Å². The van der Waals surface area contributed by atoms with E-state index in [4.69, 9.17) is 4.74 Å². The second kappa shape index (κ2) is 8.05. The number of nitrogens with zero attached hydrogens (tertiary/aromatic N) is 1. The molecule has 0 saturated heterocycles. The number of fused-ring (bicyclic) bond motifs is 1. The number of carbonyl (C=O) groups excluding carboxylic acids is 2. The third kappa shape index (κ3) is 3.46. The molecule has 0 fully saturated rings. The molecule has 3 aromatic rings. The Morgan fingerprint density at radius 3 is 2.13 bits per heavy atom. The van der Waals surface area contributed by atoms with Crippen molar-refractivity contribution in [3.05, 3.63) is 107 Å². The molecule has 6 heteroatoms. The third-order valence-corrected chi connectivity index (χ3v) is 4.80. The Morgan fingerprint density at radius 2 is 1.50 bits per heavy atom. The molecule has 0 aliphatic heterocycles. The summed E-state index contributed by atoms with van der Waals surface area (Å²) in [5.41, 5.74) is 4.50. The molecule has 1 aliphatic rings. The average molecular weight is 398 g/mol. The van der Waals surface area contributed by atoms with Crippen LogP contribution in [-0.4, -0.2) is 29.6 Å². The van der Waals surface area contributed by atoms with Gasteiger partial charge in [0.2, 0.25) is 0 Å². The van der Waals surface area contributed by atoms with E-state index >= 15 is 0 Å². The lowest BCUT2D eigenvalue weighted by atomic mass is 9.99. The molecule has 1 aliphatic carbocycles. The lowest BCUT2D eigenvalue weighted by Crippen LogP contribution is -2.22. The van der Waals surface area contributed by atoms with Crippen molar-refractivity contribution in [1.82, 2.24) is 5.43 Å². The van der Waals surface area contributed by atoms with E-state index in [-0.39, 0.29) is 22.8 Å². The van der Waals surface area contributed by atoms with Crippen molar-refractivity contribution in [3.63, 3.8) is 0 Å². The number of ketones is 1. The predicted molar refractivity (Wildman–Crippen MR) is 114 cm³/mol. The highest BCUT2D eigenvalue weighted by Gasteiger charge is 2.33. The van der Waals surface area contributed by atoms with Crippen LogP contribution in [0.5, 0.6) is 5.75 Å². The first-order chi connectivity index (χ1) is 14.6. The largest absolute Gasteiger partial charge is 0.506 e. The first kappa shape index (κ1) is 19.1. The molecular weight excluding hydrogens is 380 g/mol. The molecule has 1 amide bonds. The van der Waals surface area contributed by atoms with E-state index in [9.17, 15) is 14.7 Å². The first-order valence-corrected chi connectivity index (χ1v) is 9.25. The summed E-state index contributed by atoms with van der Waals surface area (Å²) in [6.07, 6.45) is 0. The summed E-state index contributed by atoms with van der Waals surface area (Å²) in [5, 5.41) is 15.0. The van der Waals surface area contributed by atoms with E-state index in [1.165, 1.54) is 0 Å². The van der Waals surface area contributed by atoms with E-state index in [2.05, 4.69) is 10.5 Å². The highest BCUT2D eigenvalue weighted by Crippen LogP contribution is 2.33. The van der Waals surface area contributed by atoms with Gasteiger partial charge in [-0.05, 0) is 36.4 Å². The highest BCUT2D eigenvalue weighted by molar-refractivity contribution is 6.39. The van der Waals surface area contributed by atoms with Crippen molar-refractivity contribution in [2.24, 2.45) is 5.10 Å². The zero-order chi connectivity index (χ0) is 21.1. The SMILES string of the molecule is COc1ccc(/C(=N\NC(=O)c2ccccc2)C2=C(O)c3ccccc3C2=O)cc1. The van der Waals surface area contributed by atoms with Gasteiger partial charge in [0, 0.05) is 22.3 Å². The van der Waals surface area contributed by atoms with Crippen molar-refractivity contribution in [2.75, 3.05) is 7.11 Å². The molecule has 0 unspecified atom stereocenters. The Balaban J connectivity index is 1.77. The molecule has 6 nitrogen and oxygen atoms in total. The molecule has 4 rings (SSSR count). The van der Waals surface area contributed by atoms with Crippen molar-refractivity contribution in [3.8, 4) is 5.75 Å². The third-order valence-electron chi connectivity index (χ3n) is 4.80. The number of ether oxygens (including phenoxy) is 1. The number of Topliss-reactive ketones (excluding diaryl/α,β-unsaturated/α-hetero) is 1. The second-order valence-corrected chi connectivity index (χ2v) is 6.59. The zero-order valence-corrected chi connectivity index (χ0v) is 16.1. The average Bonchev–Trinajstić information content (AvgIpc) is 3.05. The minimum atomic E-state index is -0.426. The topological polar surface area (TPSA) is 88.0 Å². The summed E-state index contributed by atoms with van der Waals surface area (Å²) >= 11 is 0. The molecule has 0 bridgehead atoms. The second-order valence-electron chi connectivity index (χ2n) is 6.59. The van der Waals surface area contributed by atoms with Crippen LogP contribution in [0.3, 0.4) is 0 Å². The Kier molecular flexibility index (Phi) is 5.13. The maximum atomic E-state index is 13.0. The molecule has 148 valence electrons. The molecule has 0 atom stereocenters. The molecular formula is C24H18N2O4. The number of aliphatic hydroxyl groups is 1. The Labute approximate surface area is 173 Å². The number of methoxy groups -OCH3 is 1. The number of nitrogens with one attached hydrogen (secondary N) is 1. The van der Waals surface area contributed by atoms with Crippen molar-refractivity contribution >= 4 is 23.2 Å². The van der Waals surface area contributed by atoms with Crippen LogP contribution in [0.15, 0.2) is 89.5 Å². The lowest BCUT2D eigenvalue weighted by Gasteiger charge is -2.10. The van der Waals surface area contributed by atoms with Crippen LogP contribution in [0.25, 0.3) is 5.76 Å². The first-order valence-electron chi connectivity index (χ1n) is 9.25. The molecule has 0 aromatic heterocycles. The van der Waals surface area contributed by atoms with Gasteiger partial charge in [-0.2, -0.15) is 5.10 Å². The standard InChI is InChI=1S/C24H18N2O4/c1-30-17-13-11-15(12-14-17)21(25-26-24(29)16-7-3-2-4-8-16)20-22(27)18-9-5-6-10-19(18)23(20)28/h2-14,27H,1H3,(H,26,29)/b25-21+. The summed E-state index contributed by atoms with van der Waals surface area (Å²) in [6, 6.07) is 22.3. The molecule has 2 N–H and O–H groups in total. The smallest absolute Gasteiger partial charge is 0.271 e. The van der Waals surface area contributed by atoms with Gasteiger partial charge in [0.1, 0.15) is 17.2 Å². The number of hydrogen-bond acceptors (Lipinski definition) is 5. The van der Waals surface area contributed by atoms with Gasteiger partial charge < -0.3 is 9.84 Å². The molecule has 0 heterocycles. The van der Waals surface area contributed by atoms with E-state index in [0.29, 0.717) is 28.0 Å². The van der Waals surface area contributed by atoms with Crippen LogP contribution in [0, 0.1) is 0 Å². The van der Waals surface area contributed by atoms with Gasteiger partial charge in [-0.25, -0.2) is 5.43 Å². The minimum absolute atomic E-state index is 0.0368. The van der Waals surface area contributed by atoms with Crippen molar-refractivity contribution in [2.45, 2.75) is 0 Å². The van der Waals surface area contributed by atoms with Gasteiger partial charge in [-0.1, -0.05) is 42.5 Å². The molecule has 0 radical (unpaired) electrons. The van der Waals surface area contributed by atoms with Crippen LogP contribution in [-0.2, 0) is 0 Å². The normalized spacial score (nSPS) is 13.2. The number of hydrazone groups is 1. The summed E-state index contributed by atoms with van der Waals surface area (Å²) in [5.74, 6) is -0.318. The van der Waals surface area contributed by atoms with Crippen LogP contribution in [0.4, 0.5) is 0 Å². The van der Waals surface area contributed by atoms with E-state index < -0.39 is 5.91 Å². The van der Waals surface area contributed by atoms with Gasteiger partial charge in [0.05, 0.1) is 12.7 Å². The molecule has 0 saturated carbocycles. The van der Waals surface area contributed by atoms with Crippen molar-refractivity contribution < 1.29 is 19.4 Å². The predicted octanol–water partition coefficient (Wildman–Crippen LogP) is 3.99. The van der Waals surface area contributed by atoms with Gasteiger partial charge in [-0.15, -0.1) is 0 Å². The van der Waals surface area contributed by atoms with E-state index in [0.717, 1.165) is 0 Å². The number of benzene rings is 3. The fourth-order valence-electron chi connectivity index (χ4n) is 3.26.